The Balaban J connectivity index is 1.71. The molecule has 2 aromatic rings. The van der Waals surface area contributed by atoms with Crippen LogP contribution in [0.15, 0.2) is 48.5 Å². The van der Waals surface area contributed by atoms with E-state index in [1.165, 1.54) is 11.1 Å². The molecule has 0 bridgehead atoms. The Bertz CT molecular complexity index is 696. The molecule has 0 heterocycles. The van der Waals surface area contributed by atoms with E-state index in [4.69, 9.17) is 0 Å². The van der Waals surface area contributed by atoms with Gasteiger partial charge in [-0.1, -0.05) is 59.7 Å². The maximum absolute atomic E-state index is 12.3. The van der Waals surface area contributed by atoms with Gasteiger partial charge in [0.2, 0.25) is 0 Å². The number of thioether (sulfide) groups is 2. The minimum atomic E-state index is -0.0128. The monoisotopic (exact) mass is 400 g/mol. The molecule has 0 aliphatic heterocycles. The minimum Gasteiger partial charge on any atom is -0.294 e. The van der Waals surface area contributed by atoms with Crippen molar-refractivity contribution in [1.29, 1.82) is 0 Å². The van der Waals surface area contributed by atoms with Gasteiger partial charge in [-0.25, -0.2) is 0 Å². The molecule has 144 valence electrons. The topological polar surface area (TPSA) is 34.1 Å². The van der Waals surface area contributed by atoms with Crippen molar-refractivity contribution in [1.82, 2.24) is 0 Å². The third kappa shape index (κ3) is 7.55. The van der Waals surface area contributed by atoms with Gasteiger partial charge in [0.05, 0.1) is 4.08 Å². The molecule has 2 rings (SSSR count). The summed E-state index contributed by atoms with van der Waals surface area (Å²) in [4.78, 5) is 24.5. The molecule has 0 aliphatic carbocycles. The predicted octanol–water partition coefficient (Wildman–Crippen LogP) is 6.35. The van der Waals surface area contributed by atoms with Crippen LogP contribution < -0.4 is 0 Å². The smallest absolute Gasteiger partial charge is 0.163 e. The van der Waals surface area contributed by atoms with Crippen LogP contribution in [0, 0.1) is 13.8 Å². The fraction of sp³-hybridized carbons (Fsp3) is 0.391. The van der Waals surface area contributed by atoms with Gasteiger partial charge in [0, 0.05) is 35.5 Å². The second kappa shape index (κ2) is 10.1. The Labute approximate surface area is 171 Å². The zero-order valence-corrected chi connectivity index (χ0v) is 18.2. The molecule has 2 aromatic carbocycles. The van der Waals surface area contributed by atoms with Gasteiger partial charge in [-0.05, 0) is 27.7 Å². The zero-order valence-electron chi connectivity index (χ0n) is 16.6. The molecule has 0 radical (unpaired) electrons. The molecule has 27 heavy (non-hydrogen) atoms. The van der Waals surface area contributed by atoms with Gasteiger partial charge in [-0.2, -0.15) is 0 Å². The molecule has 2 nitrogen and oxygen atoms in total. The molecule has 0 aromatic heterocycles. The molecule has 0 spiro atoms. The molecule has 0 atom stereocenters. The first-order valence-corrected chi connectivity index (χ1v) is 11.2. The Kier molecular flexibility index (Phi) is 8.18. The van der Waals surface area contributed by atoms with Crippen molar-refractivity contribution in [2.45, 2.75) is 44.6 Å². The summed E-state index contributed by atoms with van der Waals surface area (Å²) in [7, 11) is 0. The van der Waals surface area contributed by atoms with Crippen molar-refractivity contribution in [3.05, 3.63) is 70.8 Å². The number of ketones is 2. The SMILES string of the molecule is Cc1ccc(C(=O)CCSC(C)(C)SCCC(=O)c2ccc(C)cc2)cc1. The molecule has 0 saturated heterocycles. The van der Waals surface area contributed by atoms with Gasteiger partial charge in [-0.3, -0.25) is 9.59 Å². The summed E-state index contributed by atoms with van der Waals surface area (Å²) in [5, 5.41) is 0. The summed E-state index contributed by atoms with van der Waals surface area (Å²) >= 11 is 3.57. The highest BCUT2D eigenvalue weighted by Gasteiger charge is 2.20. The Morgan fingerprint density at radius 1 is 0.704 bits per heavy atom. The summed E-state index contributed by atoms with van der Waals surface area (Å²) in [6, 6.07) is 15.5. The van der Waals surface area contributed by atoms with Crippen LogP contribution in [-0.4, -0.2) is 27.2 Å². The van der Waals surface area contributed by atoms with E-state index in [1.54, 1.807) is 23.5 Å². The number of rotatable bonds is 10. The van der Waals surface area contributed by atoms with Gasteiger partial charge in [0.25, 0.3) is 0 Å². The van der Waals surface area contributed by atoms with Crippen molar-refractivity contribution >= 4 is 35.1 Å². The van der Waals surface area contributed by atoms with E-state index in [2.05, 4.69) is 13.8 Å². The third-order valence-corrected chi connectivity index (χ3v) is 7.22. The van der Waals surface area contributed by atoms with Gasteiger partial charge < -0.3 is 0 Å². The number of carbonyl (C=O) groups is 2. The lowest BCUT2D eigenvalue weighted by atomic mass is 10.1. The van der Waals surface area contributed by atoms with Crippen LogP contribution in [0.25, 0.3) is 0 Å². The highest BCUT2D eigenvalue weighted by molar-refractivity contribution is 8.18. The number of Topliss-reactive ketones (excluding diaryl/α,β-unsaturated/α-hetero) is 2. The van der Waals surface area contributed by atoms with Crippen LogP contribution in [-0.2, 0) is 0 Å². The highest BCUT2D eigenvalue weighted by atomic mass is 32.2. The molecule has 0 N–H and O–H groups in total. The largest absolute Gasteiger partial charge is 0.294 e. The number of benzene rings is 2. The summed E-state index contributed by atoms with van der Waals surface area (Å²) in [6.45, 7) is 8.37. The number of carbonyl (C=O) groups excluding carboxylic acids is 2. The molecule has 0 saturated carbocycles. The fourth-order valence-electron chi connectivity index (χ4n) is 2.59. The van der Waals surface area contributed by atoms with E-state index in [0.717, 1.165) is 22.6 Å². The molecular formula is C23H28O2S2. The van der Waals surface area contributed by atoms with Crippen molar-refractivity contribution in [2.24, 2.45) is 0 Å². The van der Waals surface area contributed by atoms with Crippen LogP contribution in [0.3, 0.4) is 0 Å². The van der Waals surface area contributed by atoms with Crippen LogP contribution in [0.2, 0.25) is 0 Å². The molecule has 0 aliphatic rings. The normalized spacial score (nSPS) is 11.4. The van der Waals surface area contributed by atoms with Crippen LogP contribution >= 0.6 is 23.5 Å². The van der Waals surface area contributed by atoms with E-state index >= 15 is 0 Å². The lowest BCUT2D eigenvalue weighted by Crippen LogP contribution is -2.13. The van der Waals surface area contributed by atoms with Gasteiger partial charge >= 0.3 is 0 Å². The lowest BCUT2D eigenvalue weighted by molar-refractivity contribution is 0.0981. The van der Waals surface area contributed by atoms with Crippen LogP contribution in [0.1, 0.15) is 58.5 Å². The number of hydrogen-bond acceptors (Lipinski definition) is 4. The predicted molar refractivity (Wildman–Crippen MR) is 119 cm³/mol. The second-order valence-corrected chi connectivity index (χ2v) is 10.9. The maximum atomic E-state index is 12.3. The minimum absolute atomic E-state index is 0.0128. The first-order chi connectivity index (χ1) is 12.8. The van der Waals surface area contributed by atoms with Gasteiger partial charge in [-0.15, -0.1) is 23.5 Å². The number of aryl methyl sites for hydroxylation is 2. The average molecular weight is 401 g/mol. The van der Waals surface area contributed by atoms with E-state index in [0.29, 0.717) is 12.8 Å². The van der Waals surface area contributed by atoms with E-state index in [9.17, 15) is 9.59 Å². The molecule has 0 unspecified atom stereocenters. The van der Waals surface area contributed by atoms with Crippen LogP contribution in [0.5, 0.6) is 0 Å². The van der Waals surface area contributed by atoms with Crippen LogP contribution in [0.4, 0.5) is 0 Å². The van der Waals surface area contributed by atoms with Gasteiger partial charge in [0.15, 0.2) is 11.6 Å². The second-order valence-electron chi connectivity index (χ2n) is 7.18. The first kappa shape index (κ1) is 21.8. The van der Waals surface area contributed by atoms with E-state index in [-0.39, 0.29) is 15.6 Å². The molecular weight excluding hydrogens is 372 g/mol. The summed E-state index contributed by atoms with van der Waals surface area (Å²) in [5.41, 5.74) is 3.91. The number of hydrogen-bond donors (Lipinski definition) is 0. The maximum Gasteiger partial charge on any atom is 0.163 e. The Morgan fingerprint density at radius 2 is 1.04 bits per heavy atom. The Morgan fingerprint density at radius 3 is 1.37 bits per heavy atom. The van der Waals surface area contributed by atoms with Crippen molar-refractivity contribution < 1.29 is 9.59 Å². The van der Waals surface area contributed by atoms with Crippen molar-refractivity contribution in [3.63, 3.8) is 0 Å². The summed E-state index contributed by atoms with van der Waals surface area (Å²) in [5.74, 6) is 1.97. The van der Waals surface area contributed by atoms with E-state index < -0.39 is 0 Å². The van der Waals surface area contributed by atoms with Crippen molar-refractivity contribution in [3.8, 4) is 0 Å². The standard InChI is InChI=1S/C23H28O2S2/c1-17-5-9-19(10-6-17)21(24)13-15-26-23(3,4)27-16-14-22(25)20-11-7-18(2)8-12-20/h5-12H,13-16H2,1-4H3. The zero-order chi connectivity index (χ0) is 19.9. The van der Waals surface area contributed by atoms with E-state index in [1.807, 2.05) is 62.4 Å². The quantitative estimate of drug-likeness (QED) is 0.344. The third-order valence-electron chi connectivity index (χ3n) is 4.30. The fourth-order valence-corrected chi connectivity index (χ4v) is 4.98. The van der Waals surface area contributed by atoms with Gasteiger partial charge in [0.1, 0.15) is 0 Å². The first-order valence-electron chi connectivity index (χ1n) is 9.24. The molecule has 0 amide bonds. The highest BCUT2D eigenvalue weighted by Crippen LogP contribution is 2.37. The summed E-state index contributed by atoms with van der Waals surface area (Å²) < 4.78 is -0.0128. The molecule has 4 heteroatoms. The Hall–Kier alpha value is -1.52. The lowest BCUT2D eigenvalue weighted by Gasteiger charge is -2.23. The van der Waals surface area contributed by atoms with Crippen molar-refractivity contribution in [2.75, 3.05) is 11.5 Å². The average Bonchev–Trinajstić information content (AvgIpc) is 2.62. The summed E-state index contributed by atoms with van der Waals surface area (Å²) in [6.07, 6.45) is 1.08. The molecule has 0 fully saturated rings.